The van der Waals surface area contributed by atoms with Crippen LogP contribution in [0.4, 0.5) is 10.5 Å². The topological polar surface area (TPSA) is 64.6 Å². The molecule has 0 spiro atoms. The van der Waals surface area contributed by atoms with Gasteiger partial charge in [0.1, 0.15) is 0 Å². The summed E-state index contributed by atoms with van der Waals surface area (Å²) in [4.78, 5) is 14.1. The maximum Gasteiger partial charge on any atom is 0.315 e. The fourth-order valence-electron chi connectivity index (χ4n) is 2.29. The van der Waals surface area contributed by atoms with Gasteiger partial charge in [-0.15, -0.1) is 0 Å². The van der Waals surface area contributed by atoms with E-state index in [1.54, 1.807) is 0 Å². The molecular weight excluding hydrogens is 278 g/mol. The molecule has 22 heavy (non-hydrogen) atoms. The molecule has 2 atom stereocenters. The summed E-state index contributed by atoms with van der Waals surface area (Å²) in [7, 11) is 0. The van der Waals surface area contributed by atoms with E-state index < -0.39 is 0 Å². The van der Waals surface area contributed by atoms with Gasteiger partial charge in [0.2, 0.25) is 0 Å². The van der Waals surface area contributed by atoms with Crippen LogP contribution in [0, 0.1) is 5.92 Å². The molecule has 1 heterocycles. The second-order valence-electron chi connectivity index (χ2n) is 5.82. The van der Waals surface area contributed by atoms with Crippen molar-refractivity contribution in [2.75, 3.05) is 24.6 Å². The van der Waals surface area contributed by atoms with Gasteiger partial charge >= 0.3 is 6.03 Å². The fourth-order valence-corrected chi connectivity index (χ4v) is 2.29. The SMILES string of the molecule is CC(CO)C(C)NC(=O)NCc1cccc(N2CC=CC2)c1. The molecule has 0 bridgehead atoms. The third kappa shape index (κ3) is 4.49. The minimum atomic E-state index is -0.207. The van der Waals surface area contributed by atoms with Gasteiger partial charge < -0.3 is 20.6 Å². The number of hydrogen-bond acceptors (Lipinski definition) is 3. The van der Waals surface area contributed by atoms with Crippen molar-refractivity contribution in [2.45, 2.75) is 26.4 Å². The van der Waals surface area contributed by atoms with Gasteiger partial charge in [0, 0.05) is 38.0 Å². The molecule has 1 aromatic rings. The van der Waals surface area contributed by atoms with E-state index >= 15 is 0 Å². The zero-order chi connectivity index (χ0) is 15.9. The van der Waals surface area contributed by atoms with Crippen LogP contribution in [0.1, 0.15) is 19.4 Å². The quantitative estimate of drug-likeness (QED) is 0.703. The number of anilines is 1. The normalized spacial score (nSPS) is 16.4. The predicted octanol–water partition coefficient (Wildman–Crippen LogP) is 1.88. The molecule has 0 fully saturated rings. The lowest BCUT2D eigenvalue weighted by molar-refractivity contribution is 0.200. The first-order chi connectivity index (χ1) is 10.6. The second-order valence-corrected chi connectivity index (χ2v) is 5.82. The predicted molar refractivity (Wildman–Crippen MR) is 88.9 cm³/mol. The maximum absolute atomic E-state index is 11.9. The third-order valence-corrected chi connectivity index (χ3v) is 4.05. The lowest BCUT2D eigenvalue weighted by Crippen LogP contribution is -2.43. The Balaban J connectivity index is 1.83. The van der Waals surface area contributed by atoms with E-state index in [1.807, 2.05) is 26.0 Å². The highest BCUT2D eigenvalue weighted by Gasteiger charge is 2.13. The molecule has 0 aliphatic carbocycles. The number of aliphatic hydroxyl groups is 1. The van der Waals surface area contributed by atoms with Crippen molar-refractivity contribution in [2.24, 2.45) is 5.92 Å². The summed E-state index contributed by atoms with van der Waals surface area (Å²) in [5.74, 6) is 0.0387. The summed E-state index contributed by atoms with van der Waals surface area (Å²) in [5, 5.41) is 14.8. The van der Waals surface area contributed by atoms with Crippen LogP contribution in [-0.4, -0.2) is 36.9 Å². The molecule has 120 valence electrons. The van der Waals surface area contributed by atoms with Gasteiger partial charge in [-0.1, -0.05) is 31.2 Å². The van der Waals surface area contributed by atoms with Gasteiger partial charge in [-0.25, -0.2) is 4.79 Å². The molecule has 1 aliphatic heterocycles. The van der Waals surface area contributed by atoms with Crippen LogP contribution in [-0.2, 0) is 6.54 Å². The Morgan fingerprint density at radius 1 is 1.32 bits per heavy atom. The van der Waals surface area contributed by atoms with E-state index in [9.17, 15) is 4.79 Å². The highest BCUT2D eigenvalue weighted by atomic mass is 16.3. The number of rotatable bonds is 6. The number of carbonyl (C=O) groups excluding carboxylic acids is 1. The van der Waals surface area contributed by atoms with Crippen LogP contribution in [0.15, 0.2) is 36.4 Å². The molecular formula is C17H25N3O2. The number of benzene rings is 1. The number of urea groups is 1. The fraction of sp³-hybridized carbons (Fsp3) is 0.471. The first kappa shape index (κ1) is 16.4. The summed E-state index contributed by atoms with van der Waals surface area (Å²) >= 11 is 0. The summed E-state index contributed by atoms with van der Waals surface area (Å²) in [6.07, 6.45) is 4.31. The van der Waals surface area contributed by atoms with Crippen molar-refractivity contribution < 1.29 is 9.90 Å². The van der Waals surface area contributed by atoms with E-state index in [0.717, 1.165) is 18.7 Å². The van der Waals surface area contributed by atoms with Gasteiger partial charge in [0.25, 0.3) is 0 Å². The number of nitrogens with one attached hydrogen (secondary N) is 2. The Kier molecular flexibility index (Phi) is 5.83. The highest BCUT2D eigenvalue weighted by Crippen LogP contribution is 2.18. The number of aliphatic hydroxyl groups excluding tert-OH is 1. The van der Waals surface area contributed by atoms with Crippen LogP contribution >= 0.6 is 0 Å². The van der Waals surface area contributed by atoms with Crippen molar-refractivity contribution in [1.29, 1.82) is 0 Å². The van der Waals surface area contributed by atoms with Gasteiger partial charge in [-0.2, -0.15) is 0 Å². The standard InChI is InChI=1S/C17H25N3O2/c1-13(12-21)14(2)19-17(22)18-11-15-6-5-7-16(10-15)20-8-3-4-9-20/h3-7,10,13-14,21H,8-9,11-12H2,1-2H3,(H2,18,19,22). The van der Waals surface area contributed by atoms with E-state index in [2.05, 4.69) is 39.8 Å². The van der Waals surface area contributed by atoms with Crippen molar-refractivity contribution >= 4 is 11.7 Å². The minimum Gasteiger partial charge on any atom is -0.396 e. The monoisotopic (exact) mass is 303 g/mol. The Hall–Kier alpha value is -2.01. The number of hydrogen-bond donors (Lipinski definition) is 3. The van der Waals surface area contributed by atoms with Crippen LogP contribution in [0.3, 0.4) is 0 Å². The molecule has 2 rings (SSSR count). The van der Waals surface area contributed by atoms with E-state index in [4.69, 9.17) is 5.11 Å². The van der Waals surface area contributed by atoms with Crippen LogP contribution in [0.2, 0.25) is 0 Å². The highest BCUT2D eigenvalue weighted by molar-refractivity contribution is 5.74. The zero-order valence-electron chi connectivity index (χ0n) is 13.2. The molecule has 0 radical (unpaired) electrons. The first-order valence-electron chi connectivity index (χ1n) is 7.74. The molecule has 1 aromatic carbocycles. The van der Waals surface area contributed by atoms with E-state index in [0.29, 0.717) is 6.54 Å². The zero-order valence-corrected chi connectivity index (χ0v) is 13.2. The Labute approximate surface area is 132 Å². The van der Waals surface area contributed by atoms with Crippen molar-refractivity contribution in [3.63, 3.8) is 0 Å². The van der Waals surface area contributed by atoms with Crippen LogP contribution in [0.5, 0.6) is 0 Å². The summed E-state index contributed by atoms with van der Waals surface area (Å²) < 4.78 is 0. The Morgan fingerprint density at radius 2 is 2.05 bits per heavy atom. The average Bonchev–Trinajstić information content (AvgIpc) is 3.07. The average molecular weight is 303 g/mol. The lowest BCUT2D eigenvalue weighted by atomic mass is 10.1. The number of amides is 2. The third-order valence-electron chi connectivity index (χ3n) is 4.05. The van der Waals surface area contributed by atoms with Crippen molar-refractivity contribution in [3.8, 4) is 0 Å². The molecule has 5 heteroatoms. The van der Waals surface area contributed by atoms with E-state index in [1.165, 1.54) is 5.69 Å². The largest absolute Gasteiger partial charge is 0.396 e. The molecule has 5 nitrogen and oxygen atoms in total. The van der Waals surface area contributed by atoms with Gasteiger partial charge in [-0.3, -0.25) is 0 Å². The molecule has 2 unspecified atom stereocenters. The van der Waals surface area contributed by atoms with Crippen molar-refractivity contribution in [3.05, 3.63) is 42.0 Å². The van der Waals surface area contributed by atoms with Crippen molar-refractivity contribution in [1.82, 2.24) is 10.6 Å². The lowest BCUT2D eigenvalue weighted by Gasteiger charge is -2.20. The Morgan fingerprint density at radius 3 is 2.73 bits per heavy atom. The molecule has 0 saturated carbocycles. The Bertz CT molecular complexity index is 522. The number of carbonyl (C=O) groups is 1. The van der Waals surface area contributed by atoms with E-state index in [-0.39, 0.29) is 24.6 Å². The maximum atomic E-state index is 11.9. The van der Waals surface area contributed by atoms with Crippen LogP contribution in [0.25, 0.3) is 0 Å². The van der Waals surface area contributed by atoms with Gasteiger partial charge in [0.05, 0.1) is 0 Å². The molecule has 3 N–H and O–H groups in total. The summed E-state index contributed by atoms with van der Waals surface area (Å²) in [5.41, 5.74) is 2.24. The summed E-state index contributed by atoms with van der Waals surface area (Å²) in [6.45, 7) is 6.22. The number of nitrogens with zero attached hydrogens (tertiary/aromatic N) is 1. The molecule has 0 saturated heterocycles. The van der Waals surface area contributed by atoms with Crippen LogP contribution < -0.4 is 15.5 Å². The molecule has 2 amide bonds. The molecule has 1 aliphatic rings. The smallest absolute Gasteiger partial charge is 0.315 e. The van der Waals surface area contributed by atoms with Gasteiger partial charge in [-0.05, 0) is 30.5 Å². The van der Waals surface area contributed by atoms with Gasteiger partial charge in [0.15, 0.2) is 0 Å². The first-order valence-corrected chi connectivity index (χ1v) is 7.74. The second kappa shape index (κ2) is 7.84. The minimum absolute atomic E-state index is 0.0387. The summed E-state index contributed by atoms with van der Waals surface area (Å²) in [6, 6.07) is 7.94. The molecule has 0 aromatic heterocycles.